The van der Waals surface area contributed by atoms with E-state index in [4.69, 9.17) is 9.47 Å². The van der Waals surface area contributed by atoms with Gasteiger partial charge in [-0.1, -0.05) is 0 Å². The van der Waals surface area contributed by atoms with Crippen molar-refractivity contribution in [2.24, 2.45) is 0 Å². The largest absolute Gasteiger partial charge is 0.463 e. The minimum atomic E-state index is -3.32. The highest BCUT2D eigenvalue weighted by molar-refractivity contribution is 6.05. The molecule has 0 unspecified atom stereocenters. The number of hydrogen-bond donors (Lipinski definition) is 3. The first-order valence-electron chi connectivity index (χ1n) is 8.33. The quantitative estimate of drug-likeness (QED) is 0.470. The number of aromatic nitrogens is 2. The molecule has 11 heteroatoms. The molecular weight excluding hydrogens is 376 g/mol. The molecule has 1 fully saturated rings. The van der Waals surface area contributed by atoms with Crippen molar-refractivity contribution in [2.45, 2.75) is 56.8 Å². The minimum absolute atomic E-state index is 0.743. The summed E-state index contributed by atoms with van der Waals surface area (Å²) in [5.41, 5.74) is -9.51. The molecule has 0 bridgehead atoms. The molecule has 28 heavy (non-hydrogen) atoms. The second kappa shape index (κ2) is 7.17. The smallest absolute Gasteiger partial charge is 0.302 e. The van der Waals surface area contributed by atoms with Crippen molar-refractivity contribution in [3.8, 4) is 0 Å². The molecule has 0 saturated carbocycles. The lowest BCUT2D eigenvalue weighted by Gasteiger charge is -2.57. The monoisotopic (exact) mass is 398 g/mol. The van der Waals surface area contributed by atoms with Crippen LogP contribution in [0.1, 0.15) is 33.9 Å². The van der Waals surface area contributed by atoms with Gasteiger partial charge in [0.2, 0.25) is 11.2 Å². The van der Waals surface area contributed by atoms with Gasteiger partial charge in [-0.2, -0.15) is 5.10 Å². The Morgan fingerprint density at radius 2 is 1.61 bits per heavy atom. The lowest BCUT2D eigenvalue weighted by atomic mass is 9.60. The van der Waals surface area contributed by atoms with Gasteiger partial charge in [-0.3, -0.25) is 19.2 Å². The summed E-state index contributed by atoms with van der Waals surface area (Å²) in [6.45, 7) is 2.82. The molecule has 1 aromatic heterocycles. The third kappa shape index (κ3) is 2.78. The number of aliphatic hydroxyl groups is 3. The van der Waals surface area contributed by atoms with E-state index in [2.05, 4.69) is 5.10 Å². The van der Waals surface area contributed by atoms with Crippen LogP contribution in [0.5, 0.6) is 0 Å². The minimum Gasteiger partial charge on any atom is -0.463 e. The molecule has 0 aromatic carbocycles. The van der Waals surface area contributed by atoms with Crippen molar-refractivity contribution >= 4 is 23.3 Å². The molecule has 2 rings (SSSR count). The van der Waals surface area contributed by atoms with E-state index in [1.807, 2.05) is 0 Å². The van der Waals surface area contributed by atoms with Crippen LogP contribution in [0.2, 0.25) is 0 Å². The van der Waals surface area contributed by atoms with E-state index in [1.54, 1.807) is 0 Å². The van der Waals surface area contributed by atoms with Gasteiger partial charge in [0.25, 0.3) is 0 Å². The average Bonchev–Trinajstić information content (AvgIpc) is 3.12. The van der Waals surface area contributed by atoms with Crippen LogP contribution in [0, 0.1) is 0 Å². The Hall–Kier alpha value is -2.47. The van der Waals surface area contributed by atoms with E-state index in [1.165, 1.54) is 18.5 Å². The molecule has 0 radical (unpaired) electrons. The zero-order chi connectivity index (χ0) is 21.5. The Balaban J connectivity index is 2.81. The van der Waals surface area contributed by atoms with Crippen LogP contribution in [-0.2, 0) is 28.7 Å². The van der Waals surface area contributed by atoms with Crippen LogP contribution < -0.4 is 0 Å². The van der Waals surface area contributed by atoms with Crippen molar-refractivity contribution in [3.05, 3.63) is 18.5 Å². The number of rotatable bonds is 6. The van der Waals surface area contributed by atoms with Crippen LogP contribution in [0.15, 0.2) is 18.5 Å². The van der Waals surface area contributed by atoms with Gasteiger partial charge in [0.1, 0.15) is 12.7 Å². The number of esters is 1. The molecule has 1 aliphatic heterocycles. The van der Waals surface area contributed by atoms with Crippen LogP contribution in [0.25, 0.3) is 0 Å². The van der Waals surface area contributed by atoms with E-state index in [0.717, 1.165) is 32.4 Å². The summed E-state index contributed by atoms with van der Waals surface area (Å²) in [5.74, 6) is -4.39. The number of nitrogens with zero attached hydrogens (tertiary/aromatic N) is 2. The molecule has 3 N–H and O–H groups in total. The third-order valence-electron chi connectivity index (χ3n) is 5.01. The van der Waals surface area contributed by atoms with E-state index in [-0.39, 0.29) is 0 Å². The number of carbonyl (C=O) groups excluding carboxylic acids is 4. The normalized spacial score (nSPS) is 35.2. The fraction of sp³-hybridized carbons (Fsp3) is 0.588. The van der Waals surface area contributed by atoms with E-state index in [9.17, 15) is 34.5 Å². The maximum atomic E-state index is 12.5. The zero-order valence-corrected chi connectivity index (χ0v) is 15.8. The third-order valence-corrected chi connectivity index (χ3v) is 5.01. The predicted molar refractivity (Wildman–Crippen MR) is 89.7 cm³/mol. The SMILES string of the molecule is CC(=O)OC[C@H]1O[C@@H](n2cccn2)[C@@](O)(C(C)=O)[C@](O)(C(C)=O)[C@@]1(O)C(C)=O. The number of Topliss-reactive ketones (excluding diaryl/α,β-unsaturated/α-hetero) is 3. The number of ketones is 3. The molecule has 0 aliphatic carbocycles. The van der Waals surface area contributed by atoms with Gasteiger partial charge >= 0.3 is 5.97 Å². The van der Waals surface area contributed by atoms with Gasteiger partial charge < -0.3 is 24.8 Å². The van der Waals surface area contributed by atoms with Crippen LogP contribution >= 0.6 is 0 Å². The summed E-state index contributed by atoms with van der Waals surface area (Å²) in [5, 5.41) is 37.5. The molecular formula is C17H22N2O9. The number of hydrogen-bond acceptors (Lipinski definition) is 10. The van der Waals surface area contributed by atoms with Gasteiger partial charge in [0.05, 0.1) is 0 Å². The summed E-state index contributed by atoms with van der Waals surface area (Å²) in [6, 6.07) is 1.42. The Bertz CT molecular complexity index is 808. The Morgan fingerprint density at radius 3 is 2.00 bits per heavy atom. The van der Waals surface area contributed by atoms with Gasteiger partial charge in [-0.05, 0) is 26.8 Å². The maximum Gasteiger partial charge on any atom is 0.302 e. The molecule has 2 heterocycles. The van der Waals surface area contributed by atoms with Crippen molar-refractivity contribution in [1.82, 2.24) is 9.78 Å². The van der Waals surface area contributed by atoms with E-state index >= 15 is 0 Å². The Labute approximate surface area is 159 Å². The van der Waals surface area contributed by atoms with E-state index < -0.39 is 59.1 Å². The van der Waals surface area contributed by atoms with Crippen molar-refractivity contribution < 1.29 is 44.0 Å². The first kappa shape index (κ1) is 21.8. The summed E-state index contributed by atoms with van der Waals surface area (Å²) in [4.78, 5) is 48.5. The summed E-state index contributed by atoms with van der Waals surface area (Å²) in [7, 11) is 0. The average molecular weight is 398 g/mol. The fourth-order valence-corrected chi connectivity index (χ4v) is 3.53. The molecule has 0 amide bonds. The number of ether oxygens (including phenoxy) is 2. The van der Waals surface area contributed by atoms with Gasteiger partial charge in [-0.25, -0.2) is 4.68 Å². The highest BCUT2D eigenvalue weighted by Crippen LogP contribution is 2.50. The van der Waals surface area contributed by atoms with Crippen molar-refractivity contribution in [1.29, 1.82) is 0 Å². The zero-order valence-electron chi connectivity index (χ0n) is 15.8. The molecule has 5 atom stereocenters. The van der Waals surface area contributed by atoms with Crippen LogP contribution in [0.4, 0.5) is 0 Å². The molecule has 1 aliphatic rings. The highest BCUT2D eigenvalue weighted by Gasteiger charge is 2.78. The summed E-state index contributed by atoms with van der Waals surface area (Å²) >= 11 is 0. The molecule has 0 spiro atoms. The van der Waals surface area contributed by atoms with Crippen molar-refractivity contribution in [2.75, 3.05) is 6.61 Å². The first-order chi connectivity index (χ1) is 12.8. The maximum absolute atomic E-state index is 12.5. The lowest BCUT2D eigenvalue weighted by Crippen LogP contribution is -2.84. The molecule has 154 valence electrons. The summed E-state index contributed by atoms with van der Waals surface area (Å²) in [6.07, 6.45) is -1.05. The van der Waals surface area contributed by atoms with E-state index in [0.29, 0.717) is 0 Å². The fourth-order valence-electron chi connectivity index (χ4n) is 3.53. The first-order valence-corrected chi connectivity index (χ1v) is 8.33. The molecule has 1 aromatic rings. The van der Waals surface area contributed by atoms with Gasteiger partial charge in [0.15, 0.2) is 29.2 Å². The Morgan fingerprint density at radius 1 is 1.04 bits per heavy atom. The topological polar surface area (TPSA) is 165 Å². The van der Waals surface area contributed by atoms with Gasteiger partial charge in [0, 0.05) is 19.3 Å². The van der Waals surface area contributed by atoms with Crippen LogP contribution in [0.3, 0.4) is 0 Å². The standard InChI is InChI=1S/C17H22N2O9/c1-9(20)15(24)13(8-27-12(4)23)28-14(19-7-5-6-18-19)16(25,10(2)21)17(15,26)11(3)22/h5-7,13-14,24-26H,8H2,1-4H3/t13-,14-,15-,16+,17+/m1/s1. The van der Waals surface area contributed by atoms with Crippen LogP contribution in [-0.4, -0.2) is 77.9 Å². The lowest BCUT2D eigenvalue weighted by molar-refractivity contribution is -0.339. The summed E-state index contributed by atoms with van der Waals surface area (Å²) < 4.78 is 11.3. The second-order valence-electron chi connectivity index (χ2n) is 6.68. The molecule has 1 saturated heterocycles. The molecule has 11 nitrogen and oxygen atoms in total. The predicted octanol–water partition coefficient (Wildman–Crippen LogP) is -1.70. The van der Waals surface area contributed by atoms with Gasteiger partial charge in [-0.15, -0.1) is 0 Å². The number of carbonyl (C=O) groups is 4. The van der Waals surface area contributed by atoms with Crippen molar-refractivity contribution in [3.63, 3.8) is 0 Å². The Kier molecular flexibility index (Phi) is 5.59. The second-order valence-corrected chi connectivity index (χ2v) is 6.68. The highest BCUT2D eigenvalue weighted by atomic mass is 16.6.